The number of ether oxygens (including phenoxy) is 2. The van der Waals surface area contributed by atoms with E-state index < -0.39 is 24.2 Å². The molecule has 0 saturated carbocycles. The van der Waals surface area contributed by atoms with Gasteiger partial charge in [0.1, 0.15) is 11.5 Å². The van der Waals surface area contributed by atoms with Gasteiger partial charge in [-0.05, 0) is 48.2 Å². The molecule has 2 aromatic rings. The van der Waals surface area contributed by atoms with E-state index in [9.17, 15) is 22.4 Å². The van der Waals surface area contributed by atoms with E-state index in [-0.39, 0.29) is 12.2 Å². The molecule has 0 saturated heterocycles. The highest BCUT2D eigenvalue weighted by molar-refractivity contribution is 5.83. The van der Waals surface area contributed by atoms with E-state index in [1.807, 2.05) is 24.3 Å². The molecular weight excluding hydrogens is 448 g/mol. The summed E-state index contributed by atoms with van der Waals surface area (Å²) >= 11 is 0. The van der Waals surface area contributed by atoms with Crippen molar-refractivity contribution < 1.29 is 31.8 Å². The quantitative estimate of drug-likeness (QED) is 0.117. The van der Waals surface area contributed by atoms with Crippen LogP contribution in [0.1, 0.15) is 71.6 Å². The van der Waals surface area contributed by atoms with Gasteiger partial charge < -0.3 is 9.47 Å². The molecule has 3 nitrogen and oxygen atoms in total. The Balaban J connectivity index is 1.92. The molecule has 0 fully saturated rings. The molecule has 7 heteroatoms. The molecule has 0 aromatic heterocycles. The lowest BCUT2D eigenvalue weighted by Crippen LogP contribution is -2.50. The van der Waals surface area contributed by atoms with Gasteiger partial charge in [0.25, 0.3) is 0 Å². The van der Waals surface area contributed by atoms with Crippen LogP contribution in [0.5, 0.6) is 11.5 Å². The average molecular weight is 483 g/mol. The highest BCUT2D eigenvalue weighted by Crippen LogP contribution is 2.39. The maximum absolute atomic E-state index is 14.5. The highest BCUT2D eigenvalue weighted by atomic mass is 19.4. The van der Waals surface area contributed by atoms with E-state index in [0.717, 1.165) is 29.7 Å². The van der Waals surface area contributed by atoms with Crippen LogP contribution in [0.4, 0.5) is 17.6 Å². The summed E-state index contributed by atoms with van der Waals surface area (Å²) in [6, 6.07) is 13.4. The minimum Gasteiger partial charge on any atom is -0.494 e. The minimum atomic E-state index is -5.34. The topological polar surface area (TPSA) is 35.5 Å². The zero-order valence-electron chi connectivity index (χ0n) is 19.9. The first-order valence-electron chi connectivity index (χ1n) is 12.0. The summed E-state index contributed by atoms with van der Waals surface area (Å²) in [5.74, 6) is -1.31. The van der Waals surface area contributed by atoms with Crippen LogP contribution < -0.4 is 9.47 Å². The van der Waals surface area contributed by atoms with Crippen molar-refractivity contribution in [3.8, 4) is 22.6 Å². The van der Waals surface area contributed by atoms with Crippen LogP contribution in [-0.4, -0.2) is 24.4 Å². The summed E-state index contributed by atoms with van der Waals surface area (Å²) in [7, 11) is 0. The maximum atomic E-state index is 14.5. The van der Waals surface area contributed by atoms with Crippen LogP contribution in [-0.2, 0) is 4.79 Å². The van der Waals surface area contributed by atoms with Crippen molar-refractivity contribution >= 4 is 5.97 Å². The van der Waals surface area contributed by atoms with E-state index in [4.69, 9.17) is 9.47 Å². The van der Waals surface area contributed by atoms with E-state index in [1.54, 1.807) is 19.1 Å². The molecule has 188 valence electrons. The molecule has 2 aromatic carbocycles. The summed E-state index contributed by atoms with van der Waals surface area (Å²) in [5.41, 5.74) is -2.38. The van der Waals surface area contributed by atoms with Gasteiger partial charge in [-0.1, -0.05) is 76.6 Å². The number of carbonyl (C=O) groups excluding carboxylic acids is 1. The highest BCUT2D eigenvalue weighted by Gasteiger charge is 2.62. The number of unbranched alkanes of at least 4 members (excludes halogenated alkanes) is 6. The first-order valence-corrected chi connectivity index (χ1v) is 12.0. The monoisotopic (exact) mass is 482 g/mol. The van der Waals surface area contributed by atoms with Crippen molar-refractivity contribution in [3.05, 3.63) is 48.5 Å². The molecule has 2 rings (SSSR count). The first kappa shape index (κ1) is 27.7. The second kappa shape index (κ2) is 13.4. The summed E-state index contributed by atoms with van der Waals surface area (Å²) < 4.78 is 64.6. The average Bonchev–Trinajstić information content (AvgIpc) is 2.82. The fraction of sp³-hybridized carbons (Fsp3) is 0.519. The summed E-state index contributed by atoms with van der Waals surface area (Å²) in [4.78, 5) is 12.0. The molecule has 0 aliphatic heterocycles. The smallest absolute Gasteiger partial charge is 0.433 e. The largest absolute Gasteiger partial charge is 0.494 e. The van der Waals surface area contributed by atoms with E-state index in [0.29, 0.717) is 13.0 Å². The zero-order valence-corrected chi connectivity index (χ0v) is 19.9. The first-order chi connectivity index (χ1) is 16.2. The van der Waals surface area contributed by atoms with Gasteiger partial charge in [-0.3, -0.25) is 0 Å². The lowest BCUT2D eigenvalue weighted by atomic mass is 9.98. The number of benzene rings is 2. The van der Waals surface area contributed by atoms with Crippen molar-refractivity contribution in [1.29, 1.82) is 0 Å². The Morgan fingerprint density at radius 3 is 1.74 bits per heavy atom. The summed E-state index contributed by atoms with van der Waals surface area (Å²) in [6.07, 6.45) is 1.10. The Hall–Kier alpha value is -2.57. The SMILES string of the molecule is CCCCCCCCOc1ccc(-c2ccc(OC(=O)C(F)(CCCC)C(F)(F)F)cc2)cc1. The Labute approximate surface area is 199 Å². The number of halogens is 4. The number of esters is 1. The summed E-state index contributed by atoms with van der Waals surface area (Å²) in [6.45, 7) is 4.48. The molecule has 0 N–H and O–H groups in total. The van der Waals surface area contributed by atoms with Crippen molar-refractivity contribution in [2.75, 3.05) is 6.61 Å². The van der Waals surface area contributed by atoms with Gasteiger partial charge in [0.15, 0.2) is 0 Å². The number of hydrogen-bond acceptors (Lipinski definition) is 3. The number of carbonyl (C=O) groups is 1. The molecule has 34 heavy (non-hydrogen) atoms. The number of rotatable bonds is 14. The predicted octanol–water partition coefficient (Wildman–Crippen LogP) is 8.46. The summed E-state index contributed by atoms with van der Waals surface area (Å²) in [5, 5.41) is 0. The molecule has 0 spiro atoms. The van der Waals surface area contributed by atoms with Crippen LogP contribution in [0.15, 0.2) is 48.5 Å². The second-order valence-corrected chi connectivity index (χ2v) is 8.46. The normalized spacial score (nSPS) is 13.4. The van der Waals surface area contributed by atoms with Crippen LogP contribution >= 0.6 is 0 Å². The van der Waals surface area contributed by atoms with Gasteiger partial charge in [0.05, 0.1) is 6.61 Å². The fourth-order valence-electron chi connectivity index (χ4n) is 3.50. The van der Waals surface area contributed by atoms with E-state index in [2.05, 4.69) is 6.92 Å². The standard InChI is InChI=1S/C27H34F4O3/c1-3-5-7-8-9-10-20-33-23-15-11-21(12-16-23)22-13-17-24(18-14-22)34-25(32)26(28,19-6-4-2)27(29,30)31/h11-18H,3-10,19-20H2,1-2H3. The Morgan fingerprint density at radius 2 is 1.21 bits per heavy atom. The lowest BCUT2D eigenvalue weighted by Gasteiger charge is -2.25. The molecule has 0 amide bonds. The van der Waals surface area contributed by atoms with Gasteiger partial charge in [0.2, 0.25) is 0 Å². The molecule has 1 atom stereocenters. The van der Waals surface area contributed by atoms with Crippen molar-refractivity contribution in [1.82, 2.24) is 0 Å². The zero-order chi connectivity index (χ0) is 25.0. The third kappa shape index (κ3) is 8.03. The van der Waals surface area contributed by atoms with E-state index >= 15 is 0 Å². The molecule has 0 aliphatic rings. The number of alkyl halides is 4. The van der Waals surface area contributed by atoms with Crippen LogP contribution in [0.3, 0.4) is 0 Å². The van der Waals surface area contributed by atoms with E-state index in [1.165, 1.54) is 37.8 Å². The molecule has 0 aliphatic carbocycles. The van der Waals surface area contributed by atoms with Gasteiger partial charge in [-0.25, -0.2) is 9.18 Å². The van der Waals surface area contributed by atoms with Crippen LogP contribution in [0.2, 0.25) is 0 Å². The number of hydrogen-bond donors (Lipinski definition) is 0. The Bertz CT molecular complexity index is 863. The Morgan fingerprint density at radius 1 is 0.706 bits per heavy atom. The molecule has 0 radical (unpaired) electrons. The van der Waals surface area contributed by atoms with Crippen molar-refractivity contribution in [2.45, 2.75) is 83.5 Å². The Kier molecular flexibility index (Phi) is 10.9. The van der Waals surface area contributed by atoms with Gasteiger partial charge in [-0.2, -0.15) is 13.2 Å². The molecule has 0 bridgehead atoms. The van der Waals surface area contributed by atoms with Crippen molar-refractivity contribution in [2.24, 2.45) is 0 Å². The minimum absolute atomic E-state index is 0.0806. The molecule has 0 heterocycles. The van der Waals surface area contributed by atoms with Crippen molar-refractivity contribution in [3.63, 3.8) is 0 Å². The van der Waals surface area contributed by atoms with Crippen LogP contribution in [0.25, 0.3) is 11.1 Å². The maximum Gasteiger partial charge on any atom is 0.433 e. The van der Waals surface area contributed by atoms with Gasteiger partial charge in [-0.15, -0.1) is 0 Å². The third-order valence-corrected chi connectivity index (χ3v) is 5.67. The molecular formula is C27H34F4O3. The predicted molar refractivity (Wildman–Crippen MR) is 126 cm³/mol. The third-order valence-electron chi connectivity index (χ3n) is 5.67. The second-order valence-electron chi connectivity index (χ2n) is 8.46. The lowest BCUT2D eigenvalue weighted by molar-refractivity contribution is -0.236. The fourth-order valence-corrected chi connectivity index (χ4v) is 3.50. The van der Waals surface area contributed by atoms with Crippen LogP contribution in [0, 0.1) is 0 Å². The van der Waals surface area contributed by atoms with Gasteiger partial charge in [0, 0.05) is 6.42 Å². The van der Waals surface area contributed by atoms with Gasteiger partial charge >= 0.3 is 17.8 Å². The molecule has 1 unspecified atom stereocenters.